The summed E-state index contributed by atoms with van der Waals surface area (Å²) in [4.78, 5) is 27.2. The molecule has 2 fully saturated rings. The van der Waals surface area contributed by atoms with E-state index >= 15 is 0 Å². The van der Waals surface area contributed by atoms with Crippen LogP contribution in [0.3, 0.4) is 0 Å². The Morgan fingerprint density at radius 2 is 1.79 bits per heavy atom. The van der Waals surface area contributed by atoms with Crippen molar-refractivity contribution in [3.8, 4) is 0 Å². The molecular formula is C20H27F3N3O2+. The first-order chi connectivity index (χ1) is 13.3. The van der Waals surface area contributed by atoms with E-state index < -0.39 is 29.0 Å². The Morgan fingerprint density at radius 3 is 2.54 bits per heavy atom. The molecule has 3 atom stereocenters. The zero-order valence-electron chi connectivity index (χ0n) is 16.1. The maximum atomic E-state index is 13.7. The summed E-state index contributed by atoms with van der Waals surface area (Å²) in [6.45, 7) is 1.64. The number of piperidine rings is 1. The van der Waals surface area contributed by atoms with Crippen LogP contribution in [0, 0.1) is 29.3 Å². The maximum Gasteiger partial charge on any atom is 0.279 e. The average Bonchev–Trinajstić information content (AvgIpc) is 2.67. The maximum absolute atomic E-state index is 13.7. The molecule has 0 radical (unpaired) electrons. The topological polar surface area (TPSA) is 53.9 Å². The van der Waals surface area contributed by atoms with Gasteiger partial charge in [0.05, 0.1) is 12.7 Å². The third kappa shape index (κ3) is 4.84. The van der Waals surface area contributed by atoms with Gasteiger partial charge in [0.25, 0.3) is 11.8 Å². The fraction of sp³-hybridized carbons (Fsp3) is 0.600. The van der Waals surface area contributed by atoms with Crippen molar-refractivity contribution in [3.05, 3.63) is 29.6 Å². The third-order valence-corrected chi connectivity index (χ3v) is 5.87. The highest BCUT2D eigenvalue weighted by molar-refractivity contribution is 5.91. The molecule has 28 heavy (non-hydrogen) atoms. The predicted molar refractivity (Wildman–Crippen MR) is 98.2 cm³/mol. The van der Waals surface area contributed by atoms with Gasteiger partial charge < -0.3 is 15.1 Å². The number of likely N-dealkylation sites (tertiary alicyclic amines) is 1. The first kappa shape index (κ1) is 20.6. The van der Waals surface area contributed by atoms with E-state index in [9.17, 15) is 22.8 Å². The van der Waals surface area contributed by atoms with E-state index in [-0.39, 0.29) is 19.0 Å². The first-order valence-corrected chi connectivity index (χ1v) is 9.87. The van der Waals surface area contributed by atoms with Gasteiger partial charge in [-0.3, -0.25) is 9.59 Å². The quantitative estimate of drug-likeness (QED) is 0.741. The molecule has 8 heteroatoms. The van der Waals surface area contributed by atoms with Gasteiger partial charge in [-0.2, -0.15) is 0 Å². The van der Waals surface area contributed by atoms with Gasteiger partial charge in [0, 0.05) is 13.1 Å². The Bertz CT molecular complexity index is 744. The number of benzene rings is 1. The minimum absolute atomic E-state index is 0.00771. The monoisotopic (exact) mass is 398 g/mol. The number of rotatable bonds is 5. The number of nitrogens with one attached hydrogen (secondary N) is 2. The largest absolute Gasteiger partial charge is 0.338 e. The smallest absolute Gasteiger partial charge is 0.279 e. The van der Waals surface area contributed by atoms with Crippen LogP contribution in [0.5, 0.6) is 0 Å². The SMILES string of the molecule is C[NH+](CC(=O)Nc1ccc(F)c(F)c1F)CC(=O)N1CC[C@@H]2CCCC[C@@H]2C1. The second-order valence-corrected chi connectivity index (χ2v) is 8.01. The van der Waals surface area contributed by atoms with Gasteiger partial charge in [0.15, 0.2) is 30.5 Å². The Balaban J connectivity index is 1.48. The van der Waals surface area contributed by atoms with Crippen LogP contribution < -0.4 is 10.2 Å². The first-order valence-electron chi connectivity index (χ1n) is 9.87. The highest BCUT2D eigenvalue weighted by Crippen LogP contribution is 2.35. The summed E-state index contributed by atoms with van der Waals surface area (Å²) in [5.41, 5.74) is -0.414. The lowest BCUT2D eigenvalue weighted by molar-refractivity contribution is -0.862. The van der Waals surface area contributed by atoms with Crippen molar-refractivity contribution in [2.45, 2.75) is 32.1 Å². The van der Waals surface area contributed by atoms with Crippen molar-refractivity contribution in [3.63, 3.8) is 0 Å². The van der Waals surface area contributed by atoms with Crippen LogP contribution in [-0.2, 0) is 9.59 Å². The number of carbonyl (C=O) groups is 2. The van der Waals surface area contributed by atoms with Crippen LogP contribution in [0.25, 0.3) is 0 Å². The minimum Gasteiger partial charge on any atom is -0.338 e. The molecule has 0 spiro atoms. The molecule has 3 rings (SSSR count). The number of fused-ring (bicyclic) bond motifs is 1. The Kier molecular flexibility index (Phi) is 6.59. The van der Waals surface area contributed by atoms with Crippen LogP contribution in [0.4, 0.5) is 18.9 Å². The summed E-state index contributed by atoms with van der Waals surface area (Å²) in [6, 6.07) is 1.73. The summed E-state index contributed by atoms with van der Waals surface area (Å²) in [7, 11) is 1.70. The highest BCUT2D eigenvalue weighted by atomic mass is 19.2. The van der Waals surface area contributed by atoms with Gasteiger partial charge in [0.2, 0.25) is 0 Å². The number of hydrogen-bond acceptors (Lipinski definition) is 2. The van der Waals surface area contributed by atoms with Crippen molar-refractivity contribution in [1.82, 2.24) is 4.90 Å². The fourth-order valence-electron chi connectivity index (χ4n) is 4.35. The lowest BCUT2D eigenvalue weighted by Crippen LogP contribution is -3.11. The van der Waals surface area contributed by atoms with Crippen LogP contribution in [0.2, 0.25) is 0 Å². The van der Waals surface area contributed by atoms with E-state index in [1.807, 2.05) is 4.90 Å². The van der Waals surface area contributed by atoms with Crippen molar-refractivity contribution in [2.24, 2.45) is 11.8 Å². The van der Waals surface area contributed by atoms with E-state index in [0.717, 1.165) is 37.6 Å². The lowest BCUT2D eigenvalue weighted by atomic mass is 9.75. The van der Waals surface area contributed by atoms with Gasteiger partial charge in [-0.05, 0) is 36.8 Å². The molecule has 1 aliphatic heterocycles. The molecule has 1 aromatic carbocycles. The second kappa shape index (κ2) is 8.94. The molecule has 1 saturated heterocycles. The molecule has 1 aromatic rings. The minimum atomic E-state index is -1.63. The van der Waals surface area contributed by atoms with Gasteiger partial charge in [-0.1, -0.05) is 19.3 Å². The van der Waals surface area contributed by atoms with E-state index in [1.165, 1.54) is 25.7 Å². The van der Waals surface area contributed by atoms with Gasteiger partial charge >= 0.3 is 0 Å². The predicted octanol–water partition coefficient (Wildman–Crippen LogP) is 1.60. The molecule has 5 nitrogen and oxygen atoms in total. The molecule has 0 bridgehead atoms. The molecular weight excluding hydrogens is 371 g/mol. The van der Waals surface area contributed by atoms with E-state index in [2.05, 4.69) is 5.32 Å². The molecule has 2 N–H and O–H groups in total. The van der Waals surface area contributed by atoms with Crippen molar-refractivity contribution >= 4 is 17.5 Å². The van der Waals surface area contributed by atoms with Crippen LogP contribution in [-0.4, -0.2) is 49.9 Å². The zero-order chi connectivity index (χ0) is 20.3. The number of hydrogen-bond donors (Lipinski definition) is 2. The van der Waals surface area contributed by atoms with Crippen LogP contribution in [0.15, 0.2) is 12.1 Å². The van der Waals surface area contributed by atoms with E-state index in [4.69, 9.17) is 0 Å². The fourth-order valence-corrected chi connectivity index (χ4v) is 4.35. The molecule has 1 heterocycles. The third-order valence-electron chi connectivity index (χ3n) is 5.87. The molecule has 154 valence electrons. The number of likely N-dealkylation sites (N-methyl/N-ethyl adjacent to an activating group) is 1. The lowest BCUT2D eigenvalue weighted by Gasteiger charge is -2.41. The zero-order valence-corrected chi connectivity index (χ0v) is 16.1. The highest BCUT2D eigenvalue weighted by Gasteiger charge is 2.33. The Labute approximate surface area is 162 Å². The Hall–Kier alpha value is -2.09. The molecule has 2 amide bonds. The summed E-state index contributed by atoms with van der Waals surface area (Å²) in [5.74, 6) is -3.61. The van der Waals surface area contributed by atoms with Crippen molar-refractivity contribution in [2.75, 3.05) is 38.5 Å². The normalized spacial score (nSPS) is 23.1. The molecule has 2 aliphatic rings. The van der Waals surface area contributed by atoms with E-state index in [0.29, 0.717) is 10.8 Å². The van der Waals surface area contributed by atoms with Gasteiger partial charge in [-0.25, -0.2) is 13.2 Å². The average molecular weight is 398 g/mol. The summed E-state index contributed by atoms with van der Waals surface area (Å²) >= 11 is 0. The number of anilines is 1. The standard InChI is InChI=1S/C20H26F3N3O2/c1-25(11-17(27)24-16-7-6-15(21)19(22)20(16)23)12-18(28)26-9-8-13-4-2-3-5-14(13)10-26/h6-7,13-14H,2-5,8-12H2,1H3,(H,24,27)/p+1/t13-,14+/m0/s1. The van der Waals surface area contributed by atoms with Gasteiger partial charge in [0.1, 0.15) is 0 Å². The number of halogens is 3. The molecule has 1 aliphatic carbocycles. The van der Waals surface area contributed by atoms with Crippen molar-refractivity contribution < 1.29 is 27.7 Å². The second-order valence-electron chi connectivity index (χ2n) is 8.01. The number of quaternary nitrogens is 1. The molecule has 0 aromatic heterocycles. The van der Waals surface area contributed by atoms with Gasteiger partial charge in [-0.15, -0.1) is 0 Å². The summed E-state index contributed by atoms with van der Waals surface area (Å²) < 4.78 is 39.9. The molecule has 1 unspecified atom stereocenters. The summed E-state index contributed by atoms with van der Waals surface area (Å²) in [5, 5.41) is 2.23. The van der Waals surface area contributed by atoms with Crippen LogP contribution >= 0.6 is 0 Å². The molecule has 1 saturated carbocycles. The number of nitrogens with zero attached hydrogens (tertiary/aromatic N) is 1. The van der Waals surface area contributed by atoms with Crippen molar-refractivity contribution in [1.29, 1.82) is 0 Å². The number of amides is 2. The van der Waals surface area contributed by atoms with E-state index in [1.54, 1.807) is 7.05 Å². The summed E-state index contributed by atoms with van der Waals surface area (Å²) in [6.07, 6.45) is 6.01. The Morgan fingerprint density at radius 1 is 1.07 bits per heavy atom. The van der Waals surface area contributed by atoms with Crippen LogP contribution in [0.1, 0.15) is 32.1 Å². The number of carbonyl (C=O) groups excluding carboxylic acids is 2.